The van der Waals surface area contributed by atoms with Crippen molar-refractivity contribution in [2.75, 3.05) is 32.7 Å². The van der Waals surface area contributed by atoms with Crippen LogP contribution in [0.3, 0.4) is 0 Å². The molecule has 0 spiro atoms. The third kappa shape index (κ3) is 5.12. The SMILES string of the molecule is O=C(CCN1CCCCC1)N1CCC(c2cc(-c3ccc4c(c3)CC/C4=N/O)c(-c3ccncc3)o2)CC1. The van der Waals surface area contributed by atoms with Gasteiger partial charge in [0.2, 0.25) is 5.91 Å². The summed E-state index contributed by atoms with van der Waals surface area (Å²) in [4.78, 5) is 21.6. The summed E-state index contributed by atoms with van der Waals surface area (Å²) in [6.45, 7) is 4.73. The highest BCUT2D eigenvalue weighted by atomic mass is 16.4. The molecule has 2 aliphatic heterocycles. The van der Waals surface area contributed by atoms with Crippen molar-refractivity contribution in [3.63, 3.8) is 0 Å². The predicted molar refractivity (Wildman–Crippen MR) is 147 cm³/mol. The number of nitrogens with zero attached hydrogens (tertiary/aromatic N) is 4. The lowest BCUT2D eigenvalue weighted by molar-refractivity contribution is -0.132. The Morgan fingerprint density at radius 2 is 1.74 bits per heavy atom. The van der Waals surface area contributed by atoms with Gasteiger partial charge in [-0.3, -0.25) is 9.78 Å². The maximum absolute atomic E-state index is 12.9. The smallest absolute Gasteiger partial charge is 0.223 e. The molecule has 0 bridgehead atoms. The van der Waals surface area contributed by atoms with Crippen LogP contribution in [0.4, 0.5) is 0 Å². The number of fused-ring (bicyclic) bond motifs is 1. The van der Waals surface area contributed by atoms with E-state index in [0.29, 0.717) is 6.42 Å². The van der Waals surface area contributed by atoms with Crippen LogP contribution in [0.5, 0.6) is 0 Å². The summed E-state index contributed by atoms with van der Waals surface area (Å²) < 4.78 is 6.58. The van der Waals surface area contributed by atoms with Gasteiger partial charge in [0.1, 0.15) is 11.5 Å². The number of hydrogen-bond acceptors (Lipinski definition) is 6. The average molecular weight is 513 g/mol. The second kappa shape index (κ2) is 11.1. The molecule has 6 rings (SSSR count). The molecule has 1 aromatic carbocycles. The van der Waals surface area contributed by atoms with Crippen LogP contribution in [0.25, 0.3) is 22.5 Å². The van der Waals surface area contributed by atoms with Crippen molar-refractivity contribution in [1.29, 1.82) is 0 Å². The Labute approximate surface area is 224 Å². The molecule has 1 amide bonds. The molecule has 7 nitrogen and oxygen atoms in total. The van der Waals surface area contributed by atoms with Crippen LogP contribution in [0.2, 0.25) is 0 Å². The fourth-order valence-electron chi connectivity index (χ4n) is 6.29. The topological polar surface area (TPSA) is 82.2 Å². The van der Waals surface area contributed by atoms with Crippen molar-refractivity contribution < 1.29 is 14.4 Å². The Bertz CT molecular complexity index is 1300. The fourth-order valence-corrected chi connectivity index (χ4v) is 6.29. The van der Waals surface area contributed by atoms with Crippen LogP contribution in [0.1, 0.15) is 67.8 Å². The minimum Gasteiger partial charge on any atom is -0.460 e. The highest BCUT2D eigenvalue weighted by molar-refractivity contribution is 6.04. The number of pyridine rings is 1. The summed E-state index contributed by atoms with van der Waals surface area (Å²) in [5.41, 5.74) is 6.17. The zero-order valence-electron chi connectivity index (χ0n) is 21.9. The van der Waals surface area contributed by atoms with Gasteiger partial charge in [0.15, 0.2) is 0 Å². The molecule has 1 aliphatic carbocycles. The molecular weight excluding hydrogens is 476 g/mol. The Kier molecular flexibility index (Phi) is 7.27. The van der Waals surface area contributed by atoms with Gasteiger partial charge in [-0.05, 0) is 80.9 Å². The molecule has 0 radical (unpaired) electrons. The zero-order chi connectivity index (χ0) is 25.9. The number of carbonyl (C=O) groups excluding carboxylic acids is 1. The van der Waals surface area contributed by atoms with Gasteiger partial charge in [0, 0.05) is 61.1 Å². The van der Waals surface area contributed by atoms with Crippen molar-refractivity contribution in [3.8, 4) is 22.5 Å². The summed E-state index contributed by atoms with van der Waals surface area (Å²) in [7, 11) is 0. The average Bonchev–Trinajstić information content (AvgIpc) is 3.61. The van der Waals surface area contributed by atoms with Gasteiger partial charge < -0.3 is 19.4 Å². The van der Waals surface area contributed by atoms with E-state index in [4.69, 9.17) is 4.42 Å². The second-order valence-corrected chi connectivity index (χ2v) is 10.9. The molecule has 2 saturated heterocycles. The minimum absolute atomic E-state index is 0.288. The first kappa shape index (κ1) is 24.9. The van der Waals surface area contributed by atoms with Gasteiger partial charge in [0.05, 0.1) is 5.71 Å². The summed E-state index contributed by atoms with van der Waals surface area (Å²) in [6.07, 6.45) is 11.5. The number of hydrogen-bond donors (Lipinski definition) is 1. The second-order valence-electron chi connectivity index (χ2n) is 10.9. The quantitative estimate of drug-likeness (QED) is 0.338. The number of likely N-dealkylation sites (tertiary alicyclic amines) is 2. The predicted octanol–water partition coefficient (Wildman–Crippen LogP) is 5.72. The van der Waals surface area contributed by atoms with E-state index in [1.165, 1.54) is 24.8 Å². The van der Waals surface area contributed by atoms with Gasteiger partial charge in [-0.25, -0.2) is 0 Å². The van der Waals surface area contributed by atoms with E-state index >= 15 is 0 Å². The van der Waals surface area contributed by atoms with E-state index in [0.717, 1.165) is 97.9 Å². The van der Waals surface area contributed by atoms with Crippen molar-refractivity contribution >= 4 is 11.6 Å². The lowest BCUT2D eigenvalue weighted by atomic mass is 9.92. The van der Waals surface area contributed by atoms with Gasteiger partial charge in [-0.15, -0.1) is 0 Å². The lowest BCUT2D eigenvalue weighted by Gasteiger charge is -2.32. The molecule has 2 fully saturated rings. The number of piperidine rings is 2. The third-order valence-corrected chi connectivity index (χ3v) is 8.51. The van der Waals surface area contributed by atoms with E-state index < -0.39 is 0 Å². The number of furan rings is 1. The summed E-state index contributed by atoms with van der Waals surface area (Å²) in [6, 6.07) is 12.5. The highest BCUT2D eigenvalue weighted by Crippen LogP contribution is 2.41. The molecular formula is C31H36N4O3. The Morgan fingerprint density at radius 3 is 2.50 bits per heavy atom. The Hall–Kier alpha value is -3.45. The third-order valence-electron chi connectivity index (χ3n) is 8.51. The van der Waals surface area contributed by atoms with Crippen LogP contribution in [0.15, 0.2) is 58.4 Å². The number of aromatic nitrogens is 1. The molecule has 2 aromatic heterocycles. The molecule has 0 unspecified atom stereocenters. The van der Waals surface area contributed by atoms with Crippen molar-refractivity contribution in [2.45, 2.75) is 57.3 Å². The van der Waals surface area contributed by atoms with Crippen molar-refractivity contribution in [2.24, 2.45) is 5.16 Å². The van der Waals surface area contributed by atoms with Crippen molar-refractivity contribution in [3.05, 3.63) is 65.7 Å². The molecule has 4 heterocycles. The molecule has 7 heteroatoms. The van der Waals surface area contributed by atoms with Crippen LogP contribution in [-0.4, -0.2) is 64.3 Å². The van der Waals surface area contributed by atoms with Gasteiger partial charge in [-0.2, -0.15) is 0 Å². The zero-order valence-corrected chi connectivity index (χ0v) is 21.9. The number of amides is 1. The number of oxime groups is 1. The number of rotatable bonds is 6. The van der Waals surface area contributed by atoms with Gasteiger partial charge >= 0.3 is 0 Å². The molecule has 3 aromatic rings. The summed E-state index contributed by atoms with van der Waals surface area (Å²) in [5.74, 6) is 2.43. The molecule has 198 valence electrons. The van der Waals surface area contributed by atoms with Gasteiger partial charge in [0.25, 0.3) is 0 Å². The van der Waals surface area contributed by atoms with Crippen molar-refractivity contribution in [1.82, 2.24) is 14.8 Å². The largest absolute Gasteiger partial charge is 0.460 e. The first-order chi connectivity index (χ1) is 18.7. The first-order valence-corrected chi connectivity index (χ1v) is 14.1. The maximum atomic E-state index is 12.9. The van der Waals surface area contributed by atoms with Crippen LogP contribution < -0.4 is 0 Å². The summed E-state index contributed by atoms with van der Waals surface area (Å²) in [5, 5.41) is 12.8. The maximum Gasteiger partial charge on any atom is 0.223 e. The number of benzene rings is 1. The molecule has 38 heavy (non-hydrogen) atoms. The molecule has 0 atom stereocenters. The van der Waals surface area contributed by atoms with E-state index in [1.807, 2.05) is 12.1 Å². The molecule has 1 N–H and O–H groups in total. The van der Waals surface area contributed by atoms with E-state index in [2.05, 4.69) is 44.2 Å². The Balaban J connectivity index is 1.18. The highest BCUT2D eigenvalue weighted by Gasteiger charge is 2.28. The monoisotopic (exact) mass is 512 g/mol. The Morgan fingerprint density at radius 1 is 0.947 bits per heavy atom. The van der Waals surface area contributed by atoms with E-state index in [9.17, 15) is 10.0 Å². The first-order valence-electron chi connectivity index (χ1n) is 14.1. The van der Waals surface area contributed by atoms with E-state index in [1.54, 1.807) is 12.4 Å². The van der Waals surface area contributed by atoms with Crippen LogP contribution >= 0.6 is 0 Å². The normalized spacial score (nSPS) is 19.7. The summed E-state index contributed by atoms with van der Waals surface area (Å²) >= 11 is 0. The standard InChI is InChI=1S/C31H36N4O3/c36-30(12-17-34-15-2-1-3-16-34)35-18-10-22(11-19-35)29-21-27(31(38-29)23-8-13-32-14-9-23)25-4-6-26-24(20-25)5-7-28(26)33-37/h4,6,8-9,13-14,20-22,37H,1-3,5,7,10-12,15-19H2/b33-28-. The van der Waals surface area contributed by atoms with Crippen LogP contribution in [0, 0.1) is 0 Å². The molecule has 3 aliphatic rings. The minimum atomic E-state index is 0.288. The number of aryl methyl sites for hydroxylation is 1. The molecule has 0 saturated carbocycles. The lowest BCUT2D eigenvalue weighted by Crippen LogP contribution is -2.40. The number of carbonyl (C=O) groups is 1. The van der Waals surface area contributed by atoms with E-state index in [-0.39, 0.29) is 11.8 Å². The van der Waals surface area contributed by atoms with Crippen LogP contribution in [-0.2, 0) is 11.2 Å². The van der Waals surface area contributed by atoms with Gasteiger partial charge in [-0.1, -0.05) is 29.8 Å². The fraction of sp³-hybridized carbons (Fsp3) is 0.452.